The van der Waals surface area contributed by atoms with Crippen molar-refractivity contribution in [2.45, 2.75) is 23.1 Å². The standard InChI is InChI=1S/C18H18N8O5S3/c1-3-4-25-18(21-23-24-25)34-6-9-5-33-16-12(15(28)26(16)13(9)17(29)30)20-14(27)11(22-31-2)10-7-32-8-19-10/h3,7-8,12,16H,1,4-6H2,2H3,(H,20,27)(H,29,30)/t12?,16-/m0/s1. The fourth-order valence-corrected chi connectivity index (χ4v) is 6.23. The van der Waals surface area contributed by atoms with Crippen LogP contribution in [0.2, 0.25) is 0 Å². The van der Waals surface area contributed by atoms with Crippen molar-refractivity contribution in [3.05, 3.63) is 40.5 Å². The van der Waals surface area contributed by atoms with Gasteiger partial charge in [-0.15, -0.1) is 34.8 Å². The number of hydrogen-bond donors (Lipinski definition) is 2. The predicted molar refractivity (Wildman–Crippen MR) is 124 cm³/mol. The third-order valence-corrected chi connectivity index (χ3v) is 7.76. The molecule has 2 atom stereocenters. The molecule has 1 saturated heterocycles. The summed E-state index contributed by atoms with van der Waals surface area (Å²) in [5, 5.41) is 29.2. The Morgan fingerprint density at radius 3 is 3.00 bits per heavy atom. The fourth-order valence-electron chi connectivity index (χ4n) is 3.32. The third-order valence-electron chi connectivity index (χ3n) is 4.79. The maximum Gasteiger partial charge on any atom is 0.352 e. The van der Waals surface area contributed by atoms with Gasteiger partial charge in [-0.1, -0.05) is 23.0 Å². The fraction of sp³-hybridized carbons (Fsp3) is 0.333. The summed E-state index contributed by atoms with van der Waals surface area (Å²) >= 11 is 3.92. The van der Waals surface area contributed by atoms with Crippen LogP contribution in [0, 0.1) is 0 Å². The number of tetrazole rings is 1. The molecular formula is C18H18N8O5S3. The zero-order valence-electron chi connectivity index (χ0n) is 17.7. The molecule has 4 heterocycles. The Bertz CT molecular complexity index is 1180. The first-order valence-corrected chi connectivity index (χ1v) is 12.6. The van der Waals surface area contributed by atoms with E-state index in [-0.39, 0.29) is 17.2 Å². The number of fused-ring (bicyclic) bond motifs is 1. The van der Waals surface area contributed by atoms with E-state index >= 15 is 0 Å². The molecule has 1 fully saturated rings. The number of nitrogens with one attached hydrogen (secondary N) is 1. The lowest BCUT2D eigenvalue weighted by Crippen LogP contribution is -2.71. The Morgan fingerprint density at radius 2 is 2.32 bits per heavy atom. The number of carbonyl (C=O) groups excluding carboxylic acids is 2. The third kappa shape index (κ3) is 4.55. The monoisotopic (exact) mass is 522 g/mol. The summed E-state index contributed by atoms with van der Waals surface area (Å²) in [7, 11) is 1.30. The number of carbonyl (C=O) groups is 3. The molecule has 4 rings (SSSR count). The van der Waals surface area contributed by atoms with Gasteiger partial charge < -0.3 is 15.3 Å². The number of aromatic nitrogens is 5. The molecule has 34 heavy (non-hydrogen) atoms. The van der Waals surface area contributed by atoms with E-state index in [0.717, 1.165) is 0 Å². The van der Waals surface area contributed by atoms with Crippen LogP contribution in [0.15, 0.2) is 45.1 Å². The highest BCUT2D eigenvalue weighted by atomic mass is 32.2. The molecule has 2 aliphatic heterocycles. The Labute approximate surface area is 205 Å². The lowest BCUT2D eigenvalue weighted by molar-refractivity contribution is -0.150. The topological polar surface area (TPSA) is 165 Å². The molecule has 178 valence electrons. The van der Waals surface area contributed by atoms with E-state index in [1.807, 2.05) is 0 Å². The zero-order chi connectivity index (χ0) is 24.2. The summed E-state index contributed by atoms with van der Waals surface area (Å²) in [6.07, 6.45) is 1.65. The first-order valence-electron chi connectivity index (χ1n) is 9.66. The summed E-state index contributed by atoms with van der Waals surface area (Å²) in [6, 6.07) is -0.901. The van der Waals surface area contributed by atoms with Gasteiger partial charge in [-0.05, 0) is 16.0 Å². The lowest BCUT2D eigenvalue weighted by atomic mass is 10.0. The molecule has 0 saturated carbocycles. The number of nitrogens with zero attached hydrogens (tertiary/aromatic N) is 7. The van der Waals surface area contributed by atoms with Gasteiger partial charge in [0.2, 0.25) is 5.16 Å². The lowest BCUT2D eigenvalue weighted by Gasteiger charge is -2.49. The van der Waals surface area contributed by atoms with Gasteiger partial charge in [0.25, 0.3) is 11.8 Å². The second-order valence-electron chi connectivity index (χ2n) is 6.84. The van der Waals surface area contributed by atoms with Crippen LogP contribution >= 0.6 is 34.9 Å². The maximum absolute atomic E-state index is 12.9. The first kappa shape index (κ1) is 23.9. The highest BCUT2D eigenvalue weighted by Gasteiger charge is 2.54. The average Bonchev–Trinajstić information content (AvgIpc) is 3.51. The van der Waals surface area contributed by atoms with Gasteiger partial charge >= 0.3 is 5.97 Å². The Kier molecular flexibility index (Phi) is 7.28. The number of rotatable bonds is 10. The summed E-state index contributed by atoms with van der Waals surface area (Å²) in [6.45, 7) is 4.07. The zero-order valence-corrected chi connectivity index (χ0v) is 20.1. The predicted octanol–water partition coefficient (Wildman–Crippen LogP) is 0.197. The minimum atomic E-state index is -1.21. The van der Waals surface area contributed by atoms with Crippen molar-refractivity contribution in [3.63, 3.8) is 0 Å². The largest absolute Gasteiger partial charge is 0.477 e. The van der Waals surface area contributed by atoms with Crippen LogP contribution in [0.25, 0.3) is 0 Å². The van der Waals surface area contributed by atoms with Gasteiger partial charge in [0.1, 0.15) is 29.9 Å². The smallest absolute Gasteiger partial charge is 0.352 e. The number of β-lactam (4-membered cyclic amide) rings is 1. The quantitative estimate of drug-likeness (QED) is 0.144. The first-order chi connectivity index (χ1) is 16.5. The number of carboxylic acids is 1. The van der Waals surface area contributed by atoms with Gasteiger partial charge in [-0.2, -0.15) is 0 Å². The van der Waals surface area contributed by atoms with Crippen molar-refractivity contribution >= 4 is 58.4 Å². The van der Waals surface area contributed by atoms with Crippen molar-refractivity contribution in [1.29, 1.82) is 0 Å². The van der Waals surface area contributed by atoms with E-state index in [0.29, 0.717) is 28.7 Å². The van der Waals surface area contributed by atoms with Gasteiger partial charge in [-0.3, -0.25) is 14.5 Å². The minimum absolute atomic E-state index is 0.0702. The van der Waals surface area contributed by atoms with Crippen LogP contribution in [-0.4, -0.2) is 88.7 Å². The molecular weight excluding hydrogens is 504 g/mol. The molecule has 2 aromatic rings. The van der Waals surface area contributed by atoms with E-state index < -0.39 is 29.2 Å². The number of oxime groups is 1. The summed E-state index contributed by atoms with van der Waals surface area (Å²) < 4.78 is 1.54. The molecule has 0 spiro atoms. The van der Waals surface area contributed by atoms with Gasteiger partial charge in [-0.25, -0.2) is 14.5 Å². The number of carboxylic acid groups (broad SMARTS) is 1. The van der Waals surface area contributed by atoms with E-state index in [4.69, 9.17) is 4.84 Å². The van der Waals surface area contributed by atoms with Crippen LogP contribution in [0.5, 0.6) is 0 Å². The van der Waals surface area contributed by atoms with Crippen LogP contribution < -0.4 is 5.32 Å². The second kappa shape index (κ2) is 10.4. The van der Waals surface area contributed by atoms with Crippen LogP contribution in [0.1, 0.15) is 5.69 Å². The molecule has 0 radical (unpaired) electrons. The SMILES string of the molecule is C=CCn1nnnc1SCC1=C(C(=O)O)N2C(=O)C(NC(=O)C(=NOC)c3cscn3)[C@@H]2SC1. The number of thioether (sulfide) groups is 2. The molecule has 0 aromatic carbocycles. The van der Waals surface area contributed by atoms with Crippen molar-refractivity contribution in [3.8, 4) is 0 Å². The normalized spacial score (nSPS) is 20.0. The molecule has 2 aliphatic rings. The number of hydrogen-bond acceptors (Lipinski definition) is 12. The molecule has 13 nitrogen and oxygen atoms in total. The average molecular weight is 523 g/mol. The van der Waals surface area contributed by atoms with Crippen molar-refractivity contribution in [1.82, 2.24) is 35.4 Å². The molecule has 2 amide bonds. The molecule has 2 N–H and O–H groups in total. The Hall–Kier alpha value is -3.24. The second-order valence-corrected chi connectivity index (χ2v) is 9.60. The highest BCUT2D eigenvalue weighted by molar-refractivity contribution is 8.01. The van der Waals surface area contributed by atoms with Gasteiger partial charge in [0.05, 0.1) is 12.1 Å². The number of aliphatic carboxylic acids is 1. The number of amides is 2. The number of allylic oxidation sites excluding steroid dienone is 1. The number of thiazole rings is 1. The molecule has 1 unspecified atom stereocenters. The summed E-state index contributed by atoms with van der Waals surface area (Å²) in [5.74, 6) is -1.72. The van der Waals surface area contributed by atoms with Crippen LogP contribution in [-0.2, 0) is 25.8 Å². The van der Waals surface area contributed by atoms with Crippen molar-refractivity contribution < 1.29 is 24.3 Å². The molecule has 2 aromatic heterocycles. The van der Waals surface area contributed by atoms with Crippen LogP contribution in [0.4, 0.5) is 0 Å². The van der Waals surface area contributed by atoms with E-state index in [9.17, 15) is 19.5 Å². The maximum atomic E-state index is 12.9. The highest BCUT2D eigenvalue weighted by Crippen LogP contribution is 2.41. The summed E-state index contributed by atoms with van der Waals surface area (Å²) in [5.41, 5.74) is 2.27. The molecule has 16 heteroatoms. The van der Waals surface area contributed by atoms with E-state index in [2.05, 4.69) is 37.6 Å². The van der Waals surface area contributed by atoms with Crippen molar-refractivity contribution in [2.75, 3.05) is 18.6 Å². The molecule has 0 aliphatic carbocycles. The van der Waals surface area contributed by atoms with E-state index in [1.165, 1.54) is 46.9 Å². The Morgan fingerprint density at radius 1 is 1.50 bits per heavy atom. The minimum Gasteiger partial charge on any atom is -0.477 e. The van der Waals surface area contributed by atoms with Gasteiger partial charge in [0.15, 0.2) is 5.71 Å². The van der Waals surface area contributed by atoms with E-state index in [1.54, 1.807) is 21.6 Å². The van der Waals surface area contributed by atoms with Crippen LogP contribution in [0.3, 0.4) is 0 Å². The molecule has 0 bridgehead atoms. The van der Waals surface area contributed by atoms with Gasteiger partial charge in [0, 0.05) is 16.9 Å². The van der Waals surface area contributed by atoms with Crippen molar-refractivity contribution in [2.24, 2.45) is 5.16 Å². The summed E-state index contributed by atoms with van der Waals surface area (Å²) in [4.78, 5) is 47.7. The Balaban J connectivity index is 1.48.